The summed E-state index contributed by atoms with van der Waals surface area (Å²) < 4.78 is 0. The molecule has 0 aliphatic heterocycles. The summed E-state index contributed by atoms with van der Waals surface area (Å²) >= 11 is 0. The Morgan fingerprint density at radius 3 is 2.45 bits per heavy atom. The monoisotopic (exact) mass is 149 g/mol. The lowest BCUT2D eigenvalue weighted by atomic mass is 10.1. The van der Waals surface area contributed by atoms with Gasteiger partial charge in [-0.3, -0.25) is 4.98 Å². The van der Waals surface area contributed by atoms with E-state index in [-0.39, 0.29) is 0 Å². The van der Waals surface area contributed by atoms with Crippen molar-refractivity contribution in [2.24, 2.45) is 0 Å². The summed E-state index contributed by atoms with van der Waals surface area (Å²) in [4.78, 5) is 4.40. The van der Waals surface area contributed by atoms with Crippen molar-refractivity contribution in [2.75, 3.05) is 0 Å². The molecular formula is C10H15N. The van der Waals surface area contributed by atoms with Gasteiger partial charge in [-0.25, -0.2) is 0 Å². The fourth-order valence-corrected chi connectivity index (χ4v) is 1.20. The molecule has 0 aliphatic rings. The van der Waals surface area contributed by atoms with Crippen LogP contribution in [0.5, 0.6) is 0 Å². The van der Waals surface area contributed by atoms with Crippen molar-refractivity contribution in [3.63, 3.8) is 0 Å². The zero-order valence-electron chi connectivity index (χ0n) is 7.52. The molecule has 1 aromatic rings. The Balaban J connectivity index is 3.02. The molecule has 1 rings (SSSR count). The standard InChI is InChI=1S/C10H15N/c1-4-9-6-8(3)11-10(5-2)7-9/h6-7H,4-5H2,1-3H3. The molecule has 0 bridgehead atoms. The van der Waals surface area contributed by atoms with Gasteiger partial charge in [0.15, 0.2) is 0 Å². The predicted octanol–water partition coefficient (Wildman–Crippen LogP) is 2.51. The van der Waals surface area contributed by atoms with Crippen molar-refractivity contribution in [1.82, 2.24) is 4.98 Å². The fourth-order valence-electron chi connectivity index (χ4n) is 1.20. The summed E-state index contributed by atoms with van der Waals surface area (Å²) in [7, 11) is 0. The molecule has 0 saturated carbocycles. The van der Waals surface area contributed by atoms with Crippen LogP contribution in [0.3, 0.4) is 0 Å². The smallest absolute Gasteiger partial charge is 0.0406 e. The summed E-state index contributed by atoms with van der Waals surface area (Å²) in [5.74, 6) is 0. The molecule has 0 saturated heterocycles. The average molecular weight is 149 g/mol. The van der Waals surface area contributed by atoms with Crippen LogP contribution in [0.25, 0.3) is 0 Å². The van der Waals surface area contributed by atoms with Gasteiger partial charge in [0.05, 0.1) is 0 Å². The number of aromatic nitrogens is 1. The number of nitrogens with zero attached hydrogens (tertiary/aromatic N) is 1. The van der Waals surface area contributed by atoms with Crippen molar-refractivity contribution < 1.29 is 0 Å². The average Bonchev–Trinajstić information content (AvgIpc) is 2.03. The first kappa shape index (κ1) is 8.25. The van der Waals surface area contributed by atoms with Crippen molar-refractivity contribution in [3.8, 4) is 0 Å². The van der Waals surface area contributed by atoms with E-state index in [2.05, 4.69) is 37.9 Å². The molecule has 1 aromatic heterocycles. The van der Waals surface area contributed by atoms with Gasteiger partial charge in [0, 0.05) is 11.4 Å². The normalized spacial score (nSPS) is 10.1. The van der Waals surface area contributed by atoms with Crippen LogP contribution in [0.15, 0.2) is 12.1 Å². The van der Waals surface area contributed by atoms with E-state index >= 15 is 0 Å². The van der Waals surface area contributed by atoms with Crippen LogP contribution in [0.1, 0.15) is 30.8 Å². The lowest BCUT2D eigenvalue weighted by Crippen LogP contribution is -1.92. The van der Waals surface area contributed by atoms with Gasteiger partial charge in [-0.2, -0.15) is 0 Å². The predicted molar refractivity (Wildman–Crippen MR) is 47.7 cm³/mol. The zero-order chi connectivity index (χ0) is 8.27. The molecule has 0 spiro atoms. The number of hydrogen-bond acceptors (Lipinski definition) is 1. The Labute approximate surface area is 68.5 Å². The molecule has 0 aliphatic carbocycles. The largest absolute Gasteiger partial charge is 0.258 e. The van der Waals surface area contributed by atoms with Gasteiger partial charge in [-0.1, -0.05) is 13.8 Å². The lowest BCUT2D eigenvalue weighted by Gasteiger charge is -2.01. The van der Waals surface area contributed by atoms with E-state index in [0.29, 0.717) is 0 Å². The molecule has 0 atom stereocenters. The molecule has 0 aromatic carbocycles. The number of aryl methyl sites for hydroxylation is 3. The molecular weight excluding hydrogens is 134 g/mol. The van der Waals surface area contributed by atoms with E-state index in [9.17, 15) is 0 Å². The Morgan fingerprint density at radius 1 is 1.18 bits per heavy atom. The van der Waals surface area contributed by atoms with Crippen LogP contribution in [-0.2, 0) is 12.8 Å². The second kappa shape index (κ2) is 3.51. The maximum Gasteiger partial charge on any atom is 0.0406 e. The summed E-state index contributed by atoms with van der Waals surface area (Å²) in [5, 5.41) is 0. The molecule has 0 unspecified atom stereocenters. The zero-order valence-corrected chi connectivity index (χ0v) is 7.52. The third-order valence-electron chi connectivity index (χ3n) is 1.84. The third-order valence-corrected chi connectivity index (χ3v) is 1.84. The summed E-state index contributed by atoms with van der Waals surface area (Å²) in [6.07, 6.45) is 2.14. The van der Waals surface area contributed by atoms with Crippen molar-refractivity contribution in [2.45, 2.75) is 33.6 Å². The van der Waals surface area contributed by atoms with Gasteiger partial charge in [0.1, 0.15) is 0 Å². The second-order valence-electron chi connectivity index (χ2n) is 2.82. The molecule has 0 radical (unpaired) electrons. The van der Waals surface area contributed by atoms with Gasteiger partial charge in [0.25, 0.3) is 0 Å². The first-order chi connectivity index (χ1) is 5.26. The maximum atomic E-state index is 4.40. The molecule has 0 fully saturated rings. The van der Waals surface area contributed by atoms with Crippen LogP contribution in [0, 0.1) is 6.92 Å². The molecule has 1 heterocycles. The highest BCUT2D eigenvalue weighted by Gasteiger charge is 1.95. The van der Waals surface area contributed by atoms with E-state index in [1.807, 2.05) is 0 Å². The summed E-state index contributed by atoms with van der Waals surface area (Å²) in [6.45, 7) is 6.37. The van der Waals surface area contributed by atoms with Gasteiger partial charge in [0.2, 0.25) is 0 Å². The molecule has 1 nitrogen and oxygen atoms in total. The Hall–Kier alpha value is -0.850. The van der Waals surface area contributed by atoms with Crippen LogP contribution >= 0.6 is 0 Å². The van der Waals surface area contributed by atoms with E-state index in [0.717, 1.165) is 18.5 Å². The molecule has 0 N–H and O–H groups in total. The molecule has 0 amide bonds. The quantitative estimate of drug-likeness (QED) is 0.629. The van der Waals surface area contributed by atoms with Crippen molar-refractivity contribution in [1.29, 1.82) is 0 Å². The van der Waals surface area contributed by atoms with E-state index in [1.165, 1.54) is 11.3 Å². The third kappa shape index (κ3) is 2.04. The van der Waals surface area contributed by atoms with Crippen molar-refractivity contribution >= 4 is 0 Å². The van der Waals surface area contributed by atoms with Crippen molar-refractivity contribution in [3.05, 3.63) is 29.1 Å². The first-order valence-corrected chi connectivity index (χ1v) is 4.22. The second-order valence-corrected chi connectivity index (χ2v) is 2.82. The number of rotatable bonds is 2. The molecule has 60 valence electrons. The van der Waals surface area contributed by atoms with E-state index in [4.69, 9.17) is 0 Å². The topological polar surface area (TPSA) is 12.9 Å². The highest BCUT2D eigenvalue weighted by atomic mass is 14.7. The highest BCUT2D eigenvalue weighted by Crippen LogP contribution is 2.06. The highest BCUT2D eigenvalue weighted by molar-refractivity contribution is 5.20. The van der Waals surface area contributed by atoms with Gasteiger partial charge in [-0.05, 0) is 37.5 Å². The van der Waals surface area contributed by atoms with Crippen LogP contribution in [0.2, 0.25) is 0 Å². The van der Waals surface area contributed by atoms with Gasteiger partial charge < -0.3 is 0 Å². The number of pyridine rings is 1. The van der Waals surface area contributed by atoms with Gasteiger partial charge in [-0.15, -0.1) is 0 Å². The van der Waals surface area contributed by atoms with E-state index in [1.54, 1.807) is 0 Å². The van der Waals surface area contributed by atoms with Crippen LogP contribution in [-0.4, -0.2) is 4.98 Å². The van der Waals surface area contributed by atoms with Crippen LogP contribution < -0.4 is 0 Å². The van der Waals surface area contributed by atoms with Crippen LogP contribution in [0.4, 0.5) is 0 Å². The minimum atomic E-state index is 1.04. The molecule has 1 heteroatoms. The summed E-state index contributed by atoms with van der Waals surface area (Å²) in [5.41, 5.74) is 3.75. The SMILES string of the molecule is CCc1cc(C)nc(CC)c1. The maximum absolute atomic E-state index is 4.40. The lowest BCUT2D eigenvalue weighted by molar-refractivity contribution is 0.978. The Kier molecular flexibility index (Phi) is 2.64. The summed E-state index contributed by atoms with van der Waals surface area (Å²) in [6, 6.07) is 4.34. The first-order valence-electron chi connectivity index (χ1n) is 4.22. The van der Waals surface area contributed by atoms with Gasteiger partial charge >= 0.3 is 0 Å². The fraction of sp³-hybridized carbons (Fsp3) is 0.500. The Morgan fingerprint density at radius 2 is 1.91 bits per heavy atom. The molecule has 11 heavy (non-hydrogen) atoms. The van der Waals surface area contributed by atoms with E-state index < -0.39 is 0 Å². The minimum absolute atomic E-state index is 1.04. The number of hydrogen-bond donors (Lipinski definition) is 0. The Bertz CT molecular complexity index is 218. The minimum Gasteiger partial charge on any atom is -0.258 e.